The zero-order valence-corrected chi connectivity index (χ0v) is 30.5. The van der Waals surface area contributed by atoms with Crippen molar-refractivity contribution in [2.75, 3.05) is 41.5 Å². The first-order valence-corrected chi connectivity index (χ1v) is 16.3. The van der Waals surface area contributed by atoms with Gasteiger partial charge in [-0.05, 0) is 73.5 Å². The average Bonchev–Trinajstić information content (AvgIpc) is 3.16. The SMILES string of the molecule is COc1cc(C(Oc2cc(CCN)ccc2O)C(=O)O)c([N+](=O)[O-])cc1OC.COc1cc(C(Oc2ccc(CCN)cc2O)C(=O)O)c([N+](=O)[O-])cc1OC. The van der Waals surface area contributed by atoms with E-state index in [1.54, 1.807) is 12.1 Å². The minimum atomic E-state index is -1.78. The number of nitrogens with zero attached hydrogens (tertiary/aromatic N) is 2. The molecule has 2 unspecified atom stereocenters. The molecule has 8 N–H and O–H groups in total. The summed E-state index contributed by atoms with van der Waals surface area (Å²) in [7, 11) is 5.22. The molecular weight excluding hydrogens is 744 g/mol. The Morgan fingerprint density at radius 3 is 1.36 bits per heavy atom. The summed E-state index contributed by atoms with van der Waals surface area (Å²) in [5, 5.41) is 62.3. The van der Waals surface area contributed by atoms with Crippen LogP contribution in [-0.4, -0.2) is 83.7 Å². The number of aliphatic carboxylic acids is 2. The fraction of sp³-hybridized carbons (Fsp3) is 0.278. The highest BCUT2D eigenvalue weighted by molar-refractivity contribution is 5.78. The maximum atomic E-state index is 11.8. The number of nitro benzene ring substituents is 2. The van der Waals surface area contributed by atoms with Gasteiger partial charge in [0, 0.05) is 0 Å². The highest BCUT2D eigenvalue weighted by atomic mass is 16.6. The summed E-state index contributed by atoms with van der Waals surface area (Å²) in [6, 6.07) is 13.2. The molecule has 0 amide bonds. The molecular formula is C36H40N4O16. The number of ether oxygens (including phenoxy) is 6. The molecule has 0 aliphatic rings. The van der Waals surface area contributed by atoms with Crippen molar-refractivity contribution in [3.63, 3.8) is 0 Å². The van der Waals surface area contributed by atoms with Crippen LogP contribution in [0.25, 0.3) is 0 Å². The largest absolute Gasteiger partial charge is 0.504 e. The van der Waals surface area contributed by atoms with Crippen molar-refractivity contribution in [1.29, 1.82) is 0 Å². The van der Waals surface area contributed by atoms with Gasteiger partial charge in [0.15, 0.2) is 46.0 Å². The van der Waals surface area contributed by atoms with Crippen LogP contribution in [0.3, 0.4) is 0 Å². The number of methoxy groups -OCH3 is 4. The molecule has 0 fully saturated rings. The summed E-state index contributed by atoms with van der Waals surface area (Å²) < 4.78 is 31.1. The molecule has 0 spiro atoms. The number of rotatable bonds is 18. The van der Waals surface area contributed by atoms with Crippen molar-refractivity contribution in [2.24, 2.45) is 11.5 Å². The first-order valence-electron chi connectivity index (χ1n) is 16.3. The normalized spacial score (nSPS) is 11.5. The monoisotopic (exact) mass is 784 g/mol. The summed E-state index contributed by atoms with van der Waals surface area (Å²) in [4.78, 5) is 45.1. The Bertz CT molecular complexity index is 2060. The lowest BCUT2D eigenvalue weighted by Gasteiger charge is -2.18. The second kappa shape index (κ2) is 19.9. The third kappa shape index (κ3) is 10.5. The van der Waals surface area contributed by atoms with Crippen molar-refractivity contribution in [3.8, 4) is 46.0 Å². The van der Waals surface area contributed by atoms with E-state index in [9.17, 15) is 50.2 Å². The van der Waals surface area contributed by atoms with Crippen LogP contribution in [0.4, 0.5) is 11.4 Å². The van der Waals surface area contributed by atoms with Crippen LogP contribution in [0.2, 0.25) is 0 Å². The fourth-order valence-electron chi connectivity index (χ4n) is 5.21. The van der Waals surface area contributed by atoms with Gasteiger partial charge < -0.3 is 60.3 Å². The number of phenols is 2. The first kappa shape index (κ1) is 43.3. The van der Waals surface area contributed by atoms with Gasteiger partial charge in [0.1, 0.15) is 0 Å². The number of carboxylic acids is 2. The van der Waals surface area contributed by atoms with Crippen LogP contribution in [0.1, 0.15) is 34.5 Å². The molecule has 300 valence electrons. The van der Waals surface area contributed by atoms with E-state index in [-0.39, 0.29) is 57.1 Å². The molecule has 4 aromatic rings. The Labute approximate surface area is 318 Å². The van der Waals surface area contributed by atoms with Crippen molar-refractivity contribution in [2.45, 2.75) is 25.0 Å². The zero-order chi connectivity index (χ0) is 41.7. The molecule has 0 saturated heterocycles. The number of aromatic hydroxyl groups is 2. The van der Waals surface area contributed by atoms with Gasteiger partial charge in [-0.15, -0.1) is 0 Å². The van der Waals surface area contributed by atoms with Crippen LogP contribution in [0.15, 0.2) is 60.7 Å². The predicted molar refractivity (Wildman–Crippen MR) is 196 cm³/mol. The van der Waals surface area contributed by atoms with E-state index in [1.807, 2.05) is 0 Å². The number of hydrogen-bond acceptors (Lipinski definition) is 16. The molecule has 4 aromatic carbocycles. The fourth-order valence-corrected chi connectivity index (χ4v) is 5.21. The lowest BCUT2D eigenvalue weighted by atomic mass is 10.1. The Morgan fingerprint density at radius 1 is 0.589 bits per heavy atom. The highest BCUT2D eigenvalue weighted by Gasteiger charge is 2.34. The third-order valence-electron chi connectivity index (χ3n) is 7.88. The van der Waals surface area contributed by atoms with Gasteiger partial charge in [0.2, 0.25) is 12.2 Å². The van der Waals surface area contributed by atoms with Crippen LogP contribution >= 0.6 is 0 Å². The summed E-state index contributed by atoms with van der Waals surface area (Å²) in [5.74, 6) is -3.54. The maximum Gasteiger partial charge on any atom is 0.349 e. The molecule has 0 aliphatic heterocycles. The molecule has 20 heteroatoms. The molecule has 0 radical (unpaired) electrons. The van der Waals surface area contributed by atoms with Crippen molar-refractivity contribution in [3.05, 3.63) is 103 Å². The Morgan fingerprint density at radius 2 is 0.982 bits per heavy atom. The van der Waals surface area contributed by atoms with Crippen LogP contribution in [-0.2, 0) is 22.4 Å². The number of nitro groups is 2. The van der Waals surface area contributed by atoms with E-state index < -0.39 is 45.4 Å². The first-order chi connectivity index (χ1) is 26.6. The molecule has 0 heterocycles. The average molecular weight is 785 g/mol. The minimum Gasteiger partial charge on any atom is -0.504 e. The van der Waals surface area contributed by atoms with Crippen LogP contribution < -0.4 is 39.9 Å². The van der Waals surface area contributed by atoms with Gasteiger partial charge in [-0.3, -0.25) is 20.2 Å². The Hall–Kier alpha value is -7.06. The number of carbonyl (C=O) groups is 2. The minimum absolute atomic E-state index is 0.0647. The van der Waals surface area contributed by atoms with Crippen LogP contribution in [0, 0.1) is 20.2 Å². The van der Waals surface area contributed by atoms with Gasteiger partial charge in [-0.25, -0.2) is 9.59 Å². The van der Waals surface area contributed by atoms with Gasteiger partial charge in [-0.2, -0.15) is 0 Å². The van der Waals surface area contributed by atoms with Crippen molar-refractivity contribution >= 4 is 23.3 Å². The second-order valence-electron chi connectivity index (χ2n) is 11.4. The third-order valence-corrected chi connectivity index (χ3v) is 7.88. The number of carboxylic acid groups (broad SMARTS) is 2. The maximum absolute atomic E-state index is 11.8. The summed E-state index contributed by atoms with van der Waals surface area (Å²) in [5.41, 5.74) is 10.8. The zero-order valence-electron chi connectivity index (χ0n) is 30.5. The molecule has 2 atom stereocenters. The van der Waals surface area contributed by atoms with Crippen molar-refractivity contribution < 1.29 is 68.3 Å². The quantitative estimate of drug-likeness (QED) is 0.0612. The van der Waals surface area contributed by atoms with Crippen LogP contribution in [0.5, 0.6) is 46.0 Å². The van der Waals surface area contributed by atoms with Gasteiger partial charge in [-0.1, -0.05) is 12.1 Å². The number of hydrogen-bond donors (Lipinski definition) is 6. The Kier molecular flexibility index (Phi) is 15.4. The molecule has 4 rings (SSSR count). The van der Waals surface area contributed by atoms with E-state index in [1.165, 1.54) is 52.7 Å². The lowest BCUT2D eigenvalue weighted by molar-refractivity contribution is -0.386. The van der Waals surface area contributed by atoms with Crippen molar-refractivity contribution in [1.82, 2.24) is 0 Å². The number of nitrogens with two attached hydrogens (primary N) is 2. The smallest absolute Gasteiger partial charge is 0.349 e. The van der Waals surface area contributed by atoms with E-state index in [4.69, 9.17) is 39.9 Å². The second-order valence-corrected chi connectivity index (χ2v) is 11.4. The van der Waals surface area contributed by atoms with E-state index in [0.717, 1.165) is 29.8 Å². The molecule has 20 nitrogen and oxygen atoms in total. The standard InChI is InChI=1S/2C18H20N2O8/c1-26-15-8-11(12(20(24)25)9-16(15)27-2)17(18(22)23)28-14-4-3-10(5-6-19)7-13(14)21;1-26-15-8-11(12(20(24)25)9-16(15)27-2)17(18(22)23)28-14-7-10(5-6-19)3-4-13(14)21/h2*3-4,7-9,17,21H,5-6,19H2,1-2H3,(H,22,23). The van der Waals surface area contributed by atoms with Gasteiger partial charge >= 0.3 is 11.9 Å². The van der Waals surface area contributed by atoms with E-state index in [0.29, 0.717) is 31.5 Å². The molecule has 0 aliphatic carbocycles. The van der Waals surface area contributed by atoms with Gasteiger partial charge in [0.05, 0.1) is 61.5 Å². The molecule has 0 bridgehead atoms. The molecule has 0 saturated carbocycles. The highest BCUT2D eigenvalue weighted by Crippen LogP contribution is 2.42. The predicted octanol–water partition coefficient (Wildman–Crippen LogP) is 4.05. The molecule has 0 aromatic heterocycles. The summed E-state index contributed by atoms with van der Waals surface area (Å²) in [6.07, 6.45) is -2.56. The van der Waals surface area contributed by atoms with E-state index in [2.05, 4.69) is 0 Å². The topological polar surface area (TPSA) is 309 Å². The summed E-state index contributed by atoms with van der Waals surface area (Å²) >= 11 is 0. The van der Waals surface area contributed by atoms with Gasteiger partial charge in [0.25, 0.3) is 11.4 Å². The molecule has 56 heavy (non-hydrogen) atoms. The summed E-state index contributed by atoms with van der Waals surface area (Å²) in [6.45, 7) is 0.711. The number of benzene rings is 4. The number of phenolic OH excluding ortho intramolecular Hbond substituents is 2. The Balaban J connectivity index is 0.000000300. The lowest BCUT2D eigenvalue weighted by Crippen LogP contribution is -2.20. The van der Waals surface area contributed by atoms with E-state index >= 15 is 0 Å².